The monoisotopic (exact) mass is 208 g/mol. The van der Waals surface area contributed by atoms with Crippen molar-refractivity contribution < 1.29 is 14.7 Å². The van der Waals surface area contributed by atoms with Gasteiger partial charge in [-0.05, 0) is 26.0 Å². The lowest BCUT2D eigenvalue weighted by Crippen LogP contribution is -2.38. The highest BCUT2D eigenvalue weighted by atomic mass is 16.4. The molecule has 0 radical (unpaired) electrons. The number of carbonyl (C=O) groups excluding carboxylic acids is 1. The number of rotatable bonds is 3. The van der Waals surface area contributed by atoms with Gasteiger partial charge in [-0.2, -0.15) is 0 Å². The van der Waals surface area contributed by atoms with Gasteiger partial charge in [-0.15, -0.1) is 0 Å². The summed E-state index contributed by atoms with van der Waals surface area (Å²) in [7, 11) is 0. The summed E-state index contributed by atoms with van der Waals surface area (Å²) in [6.45, 7) is 3.16. The maximum absolute atomic E-state index is 11.5. The van der Waals surface area contributed by atoms with E-state index in [9.17, 15) is 9.59 Å². The summed E-state index contributed by atoms with van der Waals surface area (Å²) >= 11 is 0. The largest absolute Gasteiger partial charge is 0.480 e. The molecular formula is C10H12N2O3. The van der Waals surface area contributed by atoms with Gasteiger partial charge >= 0.3 is 5.97 Å². The zero-order chi connectivity index (χ0) is 11.4. The van der Waals surface area contributed by atoms with Gasteiger partial charge < -0.3 is 10.4 Å². The molecule has 0 bridgehead atoms. The van der Waals surface area contributed by atoms with Crippen LogP contribution in [0, 0.1) is 6.92 Å². The highest BCUT2D eigenvalue weighted by Crippen LogP contribution is 1.98. The maximum atomic E-state index is 11.5. The molecule has 1 heterocycles. The molecule has 1 atom stereocenters. The molecule has 0 spiro atoms. The number of hydrogen-bond acceptors (Lipinski definition) is 3. The zero-order valence-corrected chi connectivity index (χ0v) is 8.52. The number of carboxylic acids is 1. The smallest absolute Gasteiger partial charge is 0.325 e. The van der Waals surface area contributed by atoms with Crippen LogP contribution in [-0.2, 0) is 4.79 Å². The van der Waals surface area contributed by atoms with Crippen LogP contribution in [0.15, 0.2) is 18.2 Å². The van der Waals surface area contributed by atoms with E-state index in [2.05, 4.69) is 10.3 Å². The van der Waals surface area contributed by atoms with Crippen LogP contribution in [-0.4, -0.2) is 28.0 Å². The minimum absolute atomic E-state index is 0.225. The van der Waals surface area contributed by atoms with Crippen molar-refractivity contribution in [2.75, 3.05) is 0 Å². The second kappa shape index (κ2) is 4.54. The summed E-state index contributed by atoms with van der Waals surface area (Å²) in [6.07, 6.45) is 0. The van der Waals surface area contributed by atoms with Gasteiger partial charge in [0.2, 0.25) is 0 Å². The van der Waals surface area contributed by atoms with E-state index in [4.69, 9.17) is 5.11 Å². The van der Waals surface area contributed by atoms with Crippen LogP contribution in [0.1, 0.15) is 23.1 Å². The SMILES string of the molecule is Cc1cccc(C(=O)NC(C)C(=O)O)n1. The van der Waals surface area contributed by atoms with Crippen molar-refractivity contribution in [3.8, 4) is 0 Å². The lowest BCUT2D eigenvalue weighted by molar-refractivity contribution is -0.138. The van der Waals surface area contributed by atoms with Gasteiger partial charge in [-0.25, -0.2) is 4.98 Å². The van der Waals surface area contributed by atoms with E-state index < -0.39 is 17.9 Å². The second-order valence-electron chi connectivity index (χ2n) is 3.20. The topological polar surface area (TPSA) is 79.3 Å². The number of carboxylic acid groups (broad SMARTS) is 1. The Morgan fingerprint density at radius 1 is 1.47 bits per heavy atom. The number of amides is 1. The van der Waals surface area contributed by atoms with Crippen molar-refractivity contribution in [2.24, 2.45) is 0 Å². The van der Waals surface area contributed by atoms with Crippen molar-refractivity contribution in [3.63, 3.8) is 0 Å². The molecule has 0 fully saturated rings. The van der Waals surface area contributed by atoms with Gasteiger partial charge in [0.05, 0.1) is 0 Å². The molecule has 1 rings (SSSR count). The summed E-state index contributed by atoms with van der Waals surface area (Å²) in [5.74, 6) is -1.55. The molecule has 5 heteroatoms. The van der Waals surface area contributed by atoms with Gasteiger partial charge in [-0.3, -0.25) is 9.59 Å². The summed E-state index contributed by atoms with van der Waals surface area (Å²) in [5, 5.41) is 10.9. The van der Waals surface area contributed by atoms with Crippen LogP contribution in [0.4, 0.5) is 0 Å². The molecule has 1 aromatic rings. The van der Waals surface area contributed by atoms with Gasteiger partial charge in [0.1, 0.15) is 11.7 Å². The van der Waals surface area contributed by atoms with Crippen molar-refractivity contribution >= 4 is 11.9 Å². The summed E-state index contributed by atoms with van der Waals surface area (Å²) < 4.78 is 0. The molecule has 1 amide bonds. The number of aromatic nitrogens is 1. The number of nitrogens with one attached hydrogen (secondary N) is 1. The number of aryl methyl sites for hydroxylation is 1. The molecular weight excluding hydrogens is 196 g/mol. The third-order valence-corrected chi connectivity index (χ3v) is 1.84. The summed E-state index contributed by atoms with van der Waals surface area (Å²) in [6, 6.07) is 4.08. The molecule has 0 aliphatic rings. The first-order valence-corrected chi connectivity index (χ1v) is 4.48. The maximum Gasteiger partial charge on any atom is 0.325 e. The predicted octanol–water partition coefficient (Wildman–Crippen LogP) is 0.593. The van der Waals surface area contributed by atoms with Crippen molar-refractivity contribution in [3.05, 3.63) is 29.6 Å². The summed E-state index contributed by atoms with van der Waals surface area (Å²) in [5.41, 5.74) is 0.939. The fourth-order valence-corrected chi connectivity index (χ4v) is 1.00. The number of carbonyl (C=O) groups is 2. The average Bonchev–Trinajstić information content (AvgIpc) is 2.17. The standard InChI is InChI=1S/C10H12N2O3/c1-6-4-3-5-8(11-6)9(13)12-7(2)10(14)15/h3-5,7H,1-2H3,(H,12,13)(H,14,15). The van der Waals surface area contributed by atoms with Crippen LogP contribution in [0.3, 0.4) is 0 Å². The Kier molecular flexibility index (Phi) is 3.38. The lowest BCUT2D eigenvalue weighted by atomic mass is 10.2. The molecule has 5 nitrogen and oxygen atoms in total. The van der Waals surface area contributed by atoms with Gasteiger partial charge in [-0.1, -0.05) is 6.07 Å². The van der Waals surface area contributed by atoms with Crippen LogP contribution in [0.25, 0.3) is 0 Å². The molecule has 2 N–H and O–H groups in total. The van der Waals surface area contributed by atoms with E-state index in [1.807, 2.05) is 0 Å². The van der Waals surface area contributed by atoms with E-state index >= 15 is 0 Å². The van der Waals surface area contributed by atoms with Crippen LogP contribution < -0.4 is 5.32 Å². The third-order valence-electron chi connectivity index (χ3n) is 1.84. The van der Waals surface area contributed by atoms with E-state index in [1.54, 1.807) is 19.1 Å². The second-order valence-corrected chi connectivity index (χ2v) is 3.20. The highest BCUT2D eigenvalue weighted by molar-refractivity contribution is 5.94. The molecule has 0 aliphatic carbocycles. The number of nitrogens with zero attached hydrogens (tertiary/aromatic N) is 1. The average molecular weight is 208 g/mol. The first kappa shape index (κ1) is 11.2. The predicted molar refractivity (Wildman–Crippen MR) is 53.5 cm³/mol. The minimum Gasteiger partial charge on any atom is -0.480 e. The van der Waals surface area contributed by atoms with Crippen LogP contribution in [0.5, 0.6) is 0 Å². The lowest BCUT2D eigenvalue weighted by Gasteiger charge is -2.08. The first-order chi connectivity index (χ1) is 7.00. The van der Waals surface area contributed by atoms with E-state index in [0.29, 0.717) is 5.69 Å². The van der Waals surface area contributed by atoms with Crippen LogP contribution >= 0.6 is 0 Å². The normalized spacial score (nSPS) is 11.9. The Hall–Kier alpha value is -1.91. The number of pyridine rings is 1. The Morgan fingerprint density at radius 3 is 2.67 bits per heavy atom. The minimum atomic E-state index is -1.07. The Balaban J connectivity index is 2.73. The fourth-order valence-electron chi connectivity index (χ4n) is 1.00. The molecule has 1 unspecified atom stereocenters. The van der Waals surface area contributed by atoms with Gasteiger partial charge in [0.15, 0.2) is 0 Å². The number of hydrogen-bond donors (Lipinski definition) is 2. The zero-order valence-electron chi connectivity index (χ0n) is 8.52. The molecule has 0 saturated carbocycles. The molecule has 0 saturated heterocycles. The third kappa shape index (κ3) is 3.05. The van der Waals surface area contributed by atoms with Gasteiger partial charge in [0.25, 0.3) is 5.91 Å². The quantitative estimate of drug-likeness (QED) is 0.762. The Labute approximate surface area is 87.1 Å². The molecule has 1 aromatic heterocycles. The Bertz CT molecular complexity index is 390. The fraction of sp³-hybridized carbons (Fsp3) is 0.300. The Morgan fingerprint density at radius 2 is 2.13 bits per heavy atom. The van der Waals surface area contributed by atoms with Gasteiger partial charge in [0, 0.05) is 5.69 Å². The van der Waals surface area contributed by atoms with E-state index in [-0.39, 0.29) is 5.69 Å². The summed E-state index contributed by atoms with van der Waals surface area (Å²) in [4.78, 5) is 26.0. The number of aliphatic carboxylic acids is 1. The molecule has 0 aromatic carbocycles. The molecule has 15 heavy (non-hydrogen) atoms. The van der Waals surface area contributed by atoms with Crippen molar-refractivity contribution in [2.45, 2.75) is 19.9 Å². The molecule has 80 valence electrons. The van der Waals surface area contributed by atoms with Crippen molar-refractivity contribution in [1.29, 1.82) is 0 Å². The highest BCUT2D eigenvalue weighted by Gasteiger charge is 2.15. The first-order valence-electron chi connectivity index (χ1n) is 4.48. The van der Waals surface area contributed by atoms with Crippen molar-refractivity contribution in [1.82, 2.24) is 10.3 Å². The van der Waals surface area contributed by atoms with E-state index in [1.165, 1.54) is 13.0 Å². The van der Waals surface area contributed by atoms with Crippen LogP contribution in [0.2, 0.25) is 0 Å². The van der Waals surface area contributed by atoms with E-state index in [0.717, 1.165) is 0 Å². The molecule has 0 aliphatic heterocycles.